The summed E-state index contributed by atoms with van der Waals surface area (Å²) < 4.78 is 11.5. The molecule has 1 aliphatic heterocycles. The van der Waals surface area contributed by atoms with E-state index >= 15 is 0 Å². The summed E-state index contributed by atoms with van der Waals surface area (Å²) in [6.45, 7) is 4.06. The monoisotopic (exact) mass is 357 g/mol. The highest BCUT2D eigenvalue weighted by Gasteiger charge is 2.40. The number of esters is 1. The fourth-order valence-electron chi connectivity index (χ4n) is 3.95. The predicted molar refractivity (Wildman–Crippen MR) is 98.4 cm³/mol. The number of carbonyl (C=O) groups excluding carboxylic acids is 1. The zero-order chi connectivity index (χ0) is 17.4. The number of carbonyl (C=O) groups is 1. The van der Waals surface area contributed by atoms with Crippen LogP contribution in [0.4, 0.5) is 0 Å². The molecule has 1 saturated carbocycles. The van der Waals surface area contributed by atoms with Crippen molar-refractivity contribution in [1.82, 2.24) is 4.98 Å². The van der Waals surface area contributed by atoms with E-state index in [9.17, 15) is 4.79 Å². The molecule has 5 heteroatoms. The van der Waals surface area contributed by atoms with Crippen molar-refractivity contribution in [3.05, 3.63) is 34.3 Å². The number of rotatable bonds is 3. The quantitative estimate of drug-likeness (QED) is 0.731. The third-order valence-corrected chi connectivity index (χ3v) is 6.36. The van der Waals surface area contributed by atoms with Crippen LogP contribution in [0.5, 0.6) is 5.75 Å². The van der Waals surface area contributed by atoms with Crippen molar-refractivity contribution < 1.29 is 14.3 Å². The summed E-state index contributed by atoms with van der Waals surface area (Å²) in [5.74, 6) is 0.735. The van der Waals surface area contributed by atoms with Crippen molar-refractivity contribution in [3.63, 3.8) is 0 Å². The first-order valence-electron chi connectivity index (χ1n) is 9.07. The van der Waals surface area contributed by atoms with E-state index in [1.165, 1.54) is 36.2 Å². The SMILES string of the molecule is CCOC(=O)c1sc(-c2ccc3c(c2)CC2(CCCCC2)O3)nc1C. The van der Waals surface area contributed by atoms with E-state index in [0.29, 0.717) is 11.5 Å². The highest BCUT2D eigenvalue weighted by molar-refractivity contribution is 7.17. The minimum Gasteiger partial charge on any atom is -0.487 e. The van der Waals surface area contributed by atoms with Gasteiger partial charge in [0.15, 0.2) is 0 Å². The number of benzene rings is 1. The summed E-state index contributed by atoms with van der Waals surface area (Å²) in [5.41, 5.74) is 3.08. The predicted octanol–water partition coefficient (Wildman–Crippen LogP) is 4.93. The van der Waals surface area contributed by atoms with Crippen LogP contribution in [0.25, 0.3) is 10.6 Å². The van der Waals surface area contributed by atoms with Gasteiger partial charge in [-0.1, -0.05) is 6.42 Å². The standard InChI is InChI=1S/C20H23NO3S/c1-3-23-19(22)17-13(2)21-18(25-17)14-7-8-16-15(11-14)12-20(24-16)9-5-4-6-10-20/h7-8,11H,3-6,9-10,12H2,1-2H3. The first-order valence-corrected chi connectivity index (χ1v) is 9.89. The third-order valence-electron chi connectivity index (χ3n) is 5.17. The molecule has 1 spiro atoms. The van der Waals surface area contributed by atoms with Gasteiger partial charge in [-0.2, -0.15) is 0 Å². The van der Waals surface area contributed by atoms with Crippen LogP contribution in [-0.2, 0) is 11.2 Å². The summed E-state index contributed by atoms with van der Waals surface area (Å²) in [7, 11) is 0. The number of nitrogens with zero attached hydrogens (tertiary/aromatic N) is 1. The molecule has 0 atom stereocenters. The molecule has 2 heterocycles. The van der Waals surface area contributed by atoms with Gasteiger partial charge in [0.2, 0.25) is 0 Å². The molecule has 1 aromatic heterocycles. The molecule has 2 aliphatic rings. The third kappa shape index (κ3) is 3.06. The summed E-state index contributed by atoms with van der Waals surface area (Å²) in [5, 5.41) is 0.868. The lowest BCUT2D eigenvalue weighted by atomic mass is 9.82. The Hall–Kier alpha value is -1.88. The Morgan fingerprint density at radius 1 is 1.32 bits per heavy atom. The van der Waals surface area contributed by atoms with Crippen LogP contribution >= 0.6 is 11.3 Å². The number of aromatic nitrogens is 1. The van der Waals surface area contributed by atoms with Crippen molar-refractivity contribution in [3.8, 4) is 16.3 Å². The largest absolute Gasteiger partial charge is 0.487 e. The van der Waals surface area contributed by atoms with Crippen LogP contribution in [0.2, 0.25) is 0 Å². The van der Waals surface area contributed by atoms with Crippen molar-refractivity contribution in [2.45, 2.75) is 58.0 Å². The topological polar surface area (TPSA) is 48.4 Å². The Morgan fingerprint density at radius 3 is 2.88 bits per heavy atom. The number of hydrogen-bond acceptors (Lipinski definition) is 5. The Morgan fingerprint density at radius 2 is 2.12 bits per heavy atom. The first-order chi connectivity index (χ1) is 12.1. The van der Waals surface area contributed by atoms with E-state index in [2.05, 4.69) is 17.1 Å². The Bertz CT molecular complexity index is 805. The summed E-state index contributed by atoms with van der Waals surface area (Å²) in [6.07, 6.45) is 7.14. The number of aryl methyl sites for hydroxylation is 1. The van der Waals surface area contributed by atoms with E-state index in [1.54, 1.807) is 0 Å². The number of ether oxygens (including phenoxy) is 2. The van der Waals surface area contributed by atoms with Crippen molar-refractivity contribution in [1.29, 1.82) is 0 Å². The normalized spacial score (nSPS) is 18.0. The Labute approximate surface area is 152 Å². The molecule has 4 rings (SSSR count). The molecule has 0 radical (unpaired) electrons. The van der Waals surface area contributed by atoms with Gasteiger partial charge >= 0.3 is 5.97 Å². The van der Waals surface area contributed by atoms with Crippen LogP contribution in [0.3, 0.4) is 0 Å². The van der Waals surface area contributed by atoms with E-state index in [4.69, 9.17) is 9.47 Å². The average Bonchev–Trinajstić information content (AvgIpc) is 3.15. The maximum Gasteiger partial charge on any atom is 0.350 e. The second-order valence-electron chi connectivity index (χ2n) is 7.00. The maximum absolute atomic E-state index is 12.0. The van der Waals surface area contributed by atoms with Gasteiger partial charge in [-0.05, 0) is 63.3 Å². The second-order valence-corrected chi connectivity index (χ2v) is 8.00. The molecule has 25 heavy (non-hydrogen) atoms. The first kappa shape index (κ1) is 16.6. The fraction of sp³-hybridized carbons (Fsp3) is 0.500. The van der Waals surface area contributed by atoms with Gasteiger partial charge in [-0.15, -0.1) is 11.3 Å². The number of fused-ring (bicyclic) bond motifs is 1. The highest BCUT2D eigenvalue weighted by atomic mass is 32.1. The van der Waals surface area contributed by atoms with Gasteiger partial charge in [0, 0.05) is 12.0 Å². The van der Waals surface area contributed by atoms with Crippen LogP contribution in [0.1, 0.15) is 60.0 Å². The lowest BCUT2D eigenvalue weighted by molar-refractivity contribution is 0.0524. The molecule has 1 aliphatic carbocycles. The summed E-state index contributed by atoms with van der Waals surface area (Å²) >= 11 is 1.41. The molecule has 0 amide bonds. The molecule has 0 N–H and O–H groups in total. The average molecular weight is 357 g/mol. The van der Waals surface area contributed by atoms with Gasteiger partial charge in [0.05, 0.1) is 12.3 Å². The molecular weight excluding hydrogens is 334 g/mol. The smallest absolute Gasteiger partial charge is 0.350 e. The van der Waals surface area contributed by atoms with Crippen molar-refractivity contribution in [2.75, 3.05) is 6.61 Å². The molecule has 132 valence electrons. The minimum absolute atomic E-state index is 0.0219. The molecule has 0 unspecified atom stereocenters. The van der Waals surface area contributed by atoms with Gasteiger partial charge < -0.3 is 9.47 Å². The van der Waals surface area contributed by atoms with Crippen LogP contribution in [0, 0.1) is 6.92 Å². The zero-order valence-electron chi connectivity index (χ0n) is 14.8. The van der Waals surface area contributed by atoms with Gasteiger partial charge in [0.1, 0.15) is 21.2 Å². The fourth-order valence-corrected chi connectivity index (χ4v) is 4.90. The maximum atomic E-state index is 12.0. The molecular formula is C20H23NO3S. The van der Waals surface area contributed by atoms with E-state index < -0.39 is 0 Å². The Kier molecular flexibility index (Phi) is 4.28. The van der Waals surface area contributed by atoms with Crippen molar-refractivity contribution >= 4 is 17.3 Å². The minimum atomic E-state index is -0.283. The van der Waals surface area contributed by atoms with E-state index in [-0.39, 0.29) is 11.6 Å². The van der Waals surface area contributed by atoms with E-state index in [0.717, 1.165) is 41.3 Å². The van der Waals surface area contributed by atoms with E-state index in [1.807, 2.05) is 19.9 Å². The number of hydrogen-bond donors (Lipinski definition) is 0. The molecule has 1 fully saturated rings. The van der Waals surface area contributed by atoms with Gasteiger partial charge in [-0.25, -0.2) is 9.78 Å². The number of thiazole rings is 1. The second kappa shape index (κ2) is 6.45. The molecule has 0 saturated heterocycles. The molecule has 2 aromatic rings. The van der Waals surface area contributed by atoms with Gasteiger partial charge in [-0.3, -0.25) is 0 Å². The lowest BCUT2D eigenvalue weighted by Gasteiger charge is -2.32. The zero-order valence-corrected chi connectivity index (χ0v) is 15.6. The van der Waals surface area contributed by atoms with Crippen LogP contribution in [-0.4, -0.2) is 23.2 Å². The highest BCUT2D eigenvalue weighted by Crippen LogP contribution is 2.44. The van der Waals surface area contributed by atoms with Crippen LogP contribution < -0.4 is 4.74 Å². The molecule has 0 bridgehead atoms. The summed E-state index contributed by atoms with van der Waals surface area (Å²) in [4.78, 5) is 17.2. The molecule has 1 aromatic carbocycles. The lowest BCUT2D eigenvalue weighted by Crippen LogP contribution is -2.36. The molecule has 4 nitrogen and oxygen atoms in total. The van der Waals surface area contributed by atoms with Crippen molar-refractivity contribution in [2.24, 2.45) is 0 Å². The summed E-state index contributed by atoms with van der Waals surface area (Å²) in [6, 6.07) is 6.30. The van der Waals surface area contributed by atoms with Crippen LogP contribution in [0.15, 0.2) is 18.2 Å². The Balaban J connectivity index is 1.61. The van der Waals surface area contributed by atoms with Gasteiger partial charge in [0.25, 0.3) is 0 Å².